The van der Waals surface area contributed by atoms with Crippen molar-refractivity contribution in [2.75, 3.05) is 7.11 Å². The van der Waals surface area contributed by atoms with Crippen molar-refractivity contribution in [2.45, 2.75) is 32.2 Å². The van der Waals surface area contributed by atoms with E-state index in [1.54, 1.807) is 26.2 Å². The number of carbonyl (C=O) groups is 1. The molecule has 6 heteroatoms. The number of para-hydroxylation sites is 1. The summed E-state index contributed by atoms with van der Waals surface area (Å²) in [4.78, 5) is 12.8. The normalized spacial score (nSPS) is 22.2. The molecule has 2 rings (SSSR count). The van der Waals surface area contributed by atoms with Gasteiger partial charge in [-0.1, -0.05) is 18.2 Å². The molecule has 114 valence electrons. The second-order valence-electron chi connectivity index (χ2n) is 6.07. The van der Waals surface area contributed by atoms with Gasteiger partial charge in [0.1, 0.15) is 5.75 Å². The first-order chi connectivity index (χ1) is 9.69. The van der Waals surface area contributed by atoms with Gasteiger partial charge in [0, 0.05) is 5.56 Å². The van der Waals surface area contributed by atoms with E-state index < -0.39 is 13.9 Å². The average Bonchev–Trinajstić information content (AvgIpc) is 2.62. The first kappa shape index (κ1) is 15.4. The van der Waals surface area contributed by atoms with Gasteiger partial charge in [-0.2, -0.15) is 0 Å². The molecule has 1 heterocycles. The predicted molar refractivity (Wildman–Crippen MR) is 82.1 cm³/mol. The Kier molecular flexibility index (Phi) is 3.75. The van der Waals surface area contributed by atoms with Crippen molar-refractivity contribution in [3.8, 4) is 5.75 Å². The highest BCUT2D eigenvalue weighted by molar-refractivity contribution is 6.70. The topological polar surface area (TPSA) is 70.8 Å². The lowest BCUT2D eigenvalue weighted by atomic mass is 9.91. The van der Waals surface area contributed by atoms with E-state index >= 15 is 0 Å². The van der Waals surface area contributed by atoms with Gasteiger partial charge in [-0.3, -0.25) is 4.79 Å². The smallest absolute Gasteiger partial charge is 0.249 e. The minimum Gasteiger partial charge on any atom is -0.538 e. The second-order valence-corrected chi connectivity index (χ2v) is 10.5. The summed E-state index contributed by atoms with van der Waals surface area (Å²) in [6, 6.07) is 7.24. The summed E-state index contributed by atoms with van der Waals surface area (Å²) in [7, 11) is -0.408. The number of ether oxygens (including phenoxy) is 2. The first-order valence-electron chi connectivity index (χ1n) is 6.75. The van der Waals surface area contributed by atoms with Gasteiger partial charge in [-0.25, -0.2) is 0 Å². The van der Waals surface area contributed by atoms with Crippen molar-refractivity contribution in [3.05, 3.63) is 41.5 Å². The molecule has 0 saturated heterocycles. The van der Waals surface area contributed by atoms with Crippen LogP contribution in [0.4, 0.5) is 0 Å². The molecule has 2 N–H and O–H groups in total. The Balaban J connectivity index is 2.42. The minimum absolute atomic E-state index is 0.0378. The van der Waals surface area contributed by atoms with Crippen molar-refractivity contribution in [3.63, 3.8) is 0 Å². The maximum Gasteiger partial charge on any atom is 0.249 e. The van der Waals surface area contributed by atoms with E-state index in [1.165, 1.54) is 0 Å². The van der Waals surface area contributed by atoms with Crippen LogP contribution >= 0.6 is 0 Å². The van der Waals surface area contributed by atoms with E-state index in [0.29, 0.717) is 11.3 Å². The van der Waals surface area contributed by atoms with Crippen LogP contribution in [-0.4, -0.2) is 21.2 Å². The lowest BCUT2D eigenvalue weighted by molar-refractivity contribution is -0.131. The zero-order valence-corrected chi connectivity index (χ0v) is 14.0. The Labute approximate surface area is 125 Å². The third-order valence-corrected chi connectivity index (χ3v) is 4.02. The summed E-state index contributed by atoms with van der Waals surface area (Å²) in [6.07, 6.45) is 0. The van der Waals surface area contributed by atoms with Gasteiger partial charge in [-0.05, 0) is 32.6 Å². The number of nitrogens with two attached hydrogens (primary N) is 1. The second kappa shape index (κ2) is 5.11. The molecule has 1 aliphatic heterocycles. The van der Waals surface area contributed by atoms with E-state index in [-0.39, 0.29) is 17.4 Å². The molecule has 0 spiro atoms. The third-order valence-electron chi connectivity index (χ3n) is 3.21. The number of rotatable bonds is 4. The van der Waals surface area contributed by atoms with Gasteiger partial charge in [0.05, 0.1) is 7.11 Å². The Morgan fingerprint density at radius 1 is 1.24 bits per heavy atom. The number of methoxy groups -OCH3 is 1. The summed E-state index contributed by atoms with van der Waals surface area (Å²) in [5, 5.41) is 0. The molecule has 0 fully saturated rings. The van der Waals surface area contributed by atoms with Crippen LogP contribution in [0.5, 0.6) is 5.75 Å². The fraction of sp³-hybridized carbons (Fsp3) is 0.400. The maximum absolute atomic E-state index is 12.8. The molecule has 0 radical (unpaired) electrons. The van der Waals surface area contributed by atoms with Crippen LogP contribution in [-0.2, 0) is 19.6 Å². The van der Waals surface area contributed by atoms with Gasteiger partial charge in [0.2, 0.25) is 31.3 Å². The molecule has 0 amide bonds. The van der Waals surface area contributed by atoms with Crippen LogP contribution in [0.3, 0.4) is 0 Å². The van der Waals surface area contributed by atoms with Crippen LogP contribution in [0.1, 0.15) is 12.5 Å². The van der Waals surface area contributed by atoms with Gasteiger partial charge >= 0.3 is 0 Å². The van der Waals surface area contributed by atoms with Gasteiger partial charge in [0.15, 0.2) is 0 Å². The highest BCUT2D eigenvalue weighted by Gasteiger charge is 2.50. The Morgan fingerprint density at radius 3 is 2.43 bits per heavy atom. The molecule has 1 aromatic carbocycles. The molecule has 0 bridgehead atoms. The molecular weight excluding hydrogens is 286 g/mol. The van der Waals surface area contributed by atoms with E-state index in [9.17, 15) is 4.79 Å². The number of carbonyl (C=O) groups excluding carboxylic acids is 1. The highest BCUT2D eigenvalue weighted by atomic mass is 28.4. The van der Waals surface area contributed by atoms with Crippen molar-refractivity contribution < 1.29 is 18.7 Å². The summed E-state index contributed by atoms with van der Waals surface area (Å²) in [5.74, 6) is 0.473. The standard InChI is InChI=1S/C15H21NO4Si/c1-15(10-8-6-7-9-11(10)18-2)13(17)12(14(16)19-15)20-21(3,4)5/h6-9H,16H2,1-5H3. The van der Waals surface area contributed by atoms with Gasteiger partial charge in [-0.15, -0.1) is 0 Å². The molecule has 0 aromatic heterocycles. The van der Waals surface area contributed by atoms with Crippen molar-refractivity contribution >= 4 is 14.1 Å². The van der Waals surface area contributed by atoms with Crippen LogP contribution in [0.15, 0.2) is 35.9 Å². The molecule has 5 nitrogen and oxygen atoms in total. The summed E-state index contributed by atoms with van der Waals surface area (Å²) < 4.78 is 16.8. The van der Waals surface area contributed by atoms with E-state index in [0.717, 1.165) is 0 Å². The number of ketones is 1. The molecule has 1 aromatic rings. The predicted octanol–water partition coefficient (Wildman–Crippen LogP) is 2.49. The van der Waals surface area contributed by atoms with Crippen LogP contribution in [0.2, 0.25) is 19.6 Å². The number of Topliss-reactive ketones (excluding diaryl/α,β-unsaturated/α-hetero) is 1. The molecule has 1 aliphatic rings. The summed E-state index contributed by atoms with van der Waals surface area (Å²) >= 11 is 0. The fourth-order valence-electron chi connectivity index (χ4n) is 2.26. The lowest BCUT2D eigenvalue weighted by Gasteiger charge is -2.25. The molecular formula is C15H21NO4Si. The fourth-order valence-corrected chi connectivity index (χ4v) is 3.07. The SMILES string of the molecule is COc1ccccc1C1(C)OC(N)=C(O[Si](C)(C)C)C1=O. The number of benzene rings is 1. The van der Waals surface area contributed by atoms with E-state index in [4.69, 9.17) is 19.6 Å². The van der Waals surface area contributed by atoms with Crippen molar-refractivity contribution in [1.82, 2.24) is 0 Å². The third kappa shape index (κ3) is 2.76. The molecule has 21 heavy (non-hydrogen) atoms. The number of hydrogen-bond donors (Lipinski definition) is 1. The van der Waals surface area contributed by atoms with Crippen LogP contribution in [0.25, 0.3) is 0 Å². The molecule has 0 saturated carbocycles. The van der Waals surface area contributed by atoms with E-state index in [1.807, 2.05) is 31.8 Å². The van der Waals surface area contributed by atoms with Crippen molar-refractivity contribution in [2.24, 2.45) is 5.73 Å². The first-order valence-corrected chi connectivity index (χ1v) is 10.2. The Bertz CT molecular complexity index is 606. The van der Waals surface area contributed by atoms with Gasteiger partial charge in [0.25, 0.3) is 0 Å². The average molecular weight is 307 g/mol. The molecule has 0 aliphatic carbocycles. The summed E-state index contributed by atoms with van der Waals surface area (Å²) in [5.41, 5.74) is 5.29. The van der Waals surface area contributed by atoms with Crippen molar-refractivity contribution in [1.29, 1.82) is 0 Å². The largest absolute Gasteiger partial charge is 0.538 e. The number of hydrogen-bond acceptors (Lipinski definition) is 5. The lowest BCUT2D eigenvalue weighted by Crippen LogP contribution is -2.34. The maximum atomic E-state index is 12.8. The quantitative estimate of drug-likeness (QED) is 0.865. The Morgan fingerprint density at radius 2 is 1.86 bits per heavy atom. The zero-order chi connectivity index (χ0) is 15.8. The zero-order valence-electron chi connectivity index (χ0n) is 13.0. The highest BCUT2D eigenvalue weighted by Crippen LogP contribution is 2.41. The minimum atomic E-state index is -1.96. The molecule has 1 atom stereocenters. The van der Waals surface area contributed by atoms with E-state index in [2.05, 4.69) is 0 Å². The van der Waals surface area contributed by atoms with Crippen LogP contribution in [0, 0.1) is 0 Å². The Hall–Kier alpha value is -1.95. The van der Waals surface area contributed by atoms with Crippen LogP contribution < -0.4 is 10.5 Å². The monoisotopic (exact) mass is 307 g/mol. The van der Waals surface area contributed by atoms with Gasteiger partial charge < -0.3 is 19.6 Å². The molecule has 1 unspecified atom stereocenters. The summed E-state index contributed by atoms with van der Waals surface area (Å²) in [6.45, 7) is 7.64.